The van der Waals surface area contributed by atoms with E-state index in [0.717, 1.165) is 19.5 Å². The van der Waals surface area contributed by atoms with Crippen molar-refractivity contribution in [3.63, 3.8) is 0 Å². The summed E-state index contributed by atoms with van der Waals surface area (Å²) in [4.78, 5) is 14.6. The van der Waals surface area contributed by atoms with Crippen LogP contribution in [0, 0.1) is 17.8 Å². The van der Waals surface area contributed by atoms with Gasteiger partial charge in [-0.25, -0.2) is 0 Å². The summed E-state index contributed by atoms with van der Waals surface area (Å²) in [5.41, 5.74) is 0. The average Bonchev–Trinajstić information content (AvgIpc) is 2.19. The van der Waals surface area contributed by atoms with Crippen LogP contribution in [0.15, 0.2) is 0 Å². The molecular formula is C12H22BrNO. The summed E-state index contributed by atoms with van der Waals surface area (Å²) >= 11 is 3.65. The monoisotopic (exact) mass is 275 g/mol. The van der Waals surface area contributed by atoms with Crippen LogP contribution in [0.3, 0.4) is 0 Å². The van der Waals surface area contributed by atoms with E-state index in [9.17, 15) is 4.79 Å². The van der Waals surface area contributed by atoms with Gasteiger partial charge in [-0.3, -0.25) is 4.79 Å². The van der Waals surface area contributed by atoms with Crippen LogP contribution in [0.5, 0.6) is 0 Å². The number of alkyl halides is 1. The van der Waals surface area contributed by atoms with Crippen LogP contribution in [0.2, 0.25) is 0 Å². The van der Waals surface area contributed by atoms with E-state index in [-0.39, 0.29) is 5.92 Å². The first-order chi connectivity index (χ1) is 6.93. The van der Waals surface area contributed by atoms with Crippen LogP contribution in [-0.2, 0) is 4.79 Å². The van der Waals surface area contributed by atoms with Crippen molar-refractivity contribution in [3.8, 4) is 0 Å². The zero-order valence-corrected chi connectivity index (χ0v) is 11.8. The molecule has 0 aromatic rings. The van der Waals surface area contributed by atoms with Gasteiger partial charge < -0.3 is 4.90 Å². The highest BCUT2D eigenvalue weighted by Gasteiger charge is 2.30. The third kappa shape index (κ3) is 3.20. The van der Waals surface area contributed by atoms with Crippen molar-refractivity contribution in [2.45, 2.75) is 38.9 Å². The number of piperidine rings is 1. The predicted octanol–water partition coefficient (Wildman–Crippen LogP) is 2.91. The molecule has 1 amide bonds. The van der Waals surface area contributed by atoms with Crippen molar-refractivity contribution >= 4 is 21.8 Å². The highest BCUT2D eigenvalue weighted by molar-refractivity contribution is 9.09. The molecule has 0 bridgehead atoms. The lowest BCUT2D eigenvalue weighted by Gasteiger charge is -2.36. The maximum atomic E-state index is 12.1. The lowest BCUT2D eigenvalue weighted by Crippen LogP contribution is -2.46. The second-order valence-corrected chi connectivity index (χ2v) is 6.28. The quantitative estimate of drug-likeness (QED) is 0.710. The number of rotatable bonds is 2. The number of likely N-dealkylation sites (tertiary alicyclic amines) is 1. The maximum absolute atomic E-state index is 12.1. The van der Waals surface area contributed by atoms with Crippen LogP contribution >= 0.6 is 15.9 Å². The van der Waals surface area contributed by atoms with Gasteiger partial charge in [0.15, 0.2) is 0 Å². The Morgan fingerprint density at radius 1 is 1.40 bits per heavy atom. The van der Waals surface area contributed by atoms with Gasteiger partial charge in [-0.2, -0.15) is 0 Å². The molecule has 3 heteroatoms. The molecule has 3 unspecified atom stereocenters. The molecule has 3 atom stereocenters. The molecule has 15 heavy (non-hydrogen) atoms. The Morgan fingerprint density at radius 2 is 2.00 bits per heavy atom. The molecule has 0 radical (unpaired) electrons. The second kappa shape index (κ2) is 5.33. The number of halogens is 1. The van der Waals surface area contributed by atoms with Crippen molar-refractivity contribution in [2.75, 3.05) is 13.1 Å². The Balaban J connectivity index is 2.54. The first kappa shape index (κ1) is 13.0. The number of amides is 1. The fourth-order valence-electron chi connectivity index (χ4n) is 1.80. The molecule has 2 nitrogen and oxygen atoms in total. The van der Waals surface area contributed by atoms with E-state index in [1.165, 1.54) is 0 Å². The third-order valence-corrected chi connectivity index (χ3v) is 4.76. The Morgan fingerprint density at radius 3 is 2.47 bits per heavy atom. The molecule has 0 aliphatic carbocycles. The maximum Gasteiger partial charge on any atom is 0.225 e. The van der Waals surface area contributed by atoms with Crippen molar-refractivity contribution in [2.24, 2.45) is 17.8 Å². The Bertz CT molecular complexity index is 230. The molecule has 1 aliphatic heterocycles. The Hall–Kier alpha value is -0.0500. The molecule has 0 N–H and O–H groups in total. The predicted molar refractivity (Wildman–Crippen MR) is 67.1 cm³/mol. The van der Waals surface area contributed by atoms with E-state index in [1.54, 1.807) is 0 Å². The summed E-state index contributed by atoms with van der Waals surface area (Å²) in [6.07, 6.45) is 1.12. The molecule has 1 heterocycles. The van der Waals surface area contributed by atoms with Gasteiger partial charge in [-0.05, 0) is 18.3 Å². The third-order valence-electron chi connectivity index (χ3n) is 3.57. The molecule has 0 saturated carbocycles. The van der Waals surface area contributed by atoms with Crippen LogP contribution in [0.1, 0.15) is 34.1 Å². The minimum Gasteiger partial charge on any atom is -0.341 e. The summed E-state index contributed by atoms with van der Waals surface area (Å²) in [6.45, 7) is 10.3. The first-order valence-corrected chi connectivity index (χ1v) is 6.78. The molecule has 1 saturated heterocycles. The van der Waals surface area contributed by atoms with E-state index in [2.05, 4.69) is 36.7 Å². The SMILES string of the molecule is CC(C)C(C)C(=O)N1CCC(C)C(Br)C1. The van der Waals surface area contributed by atoms with E-state index < -0.39 is 0 Å². The normalized spacial score (nSPS) is 29.3. The zero-order chi connectivity index (χ0) is 11.6. The highest BCUT2D eigenvalue weighted by atomic mass is 79.9. The lowest BCUT2D eigenvalue weighted by atomic mass is 9.93. The number of carbonyl (C=O) groups is 1. The summed E-state index contributed by atoms with van der Waals surface area (Å²) in [5.74, 6) is 1.59. The van der Waals surface area contributed by atoms with Crippen LogP contribution in [-0.4, -0.2) is 28.7 Å². The van der Waals surface area contributed by atoms with Crippen LogP contribution < -0.4 is 0 Å². The summed E-state index contributed by atoms with van der Waals surface area (Å²) in [5, 5.41) is 0. The van der Waals surface area contributed by atoms with Gasteiger partial charge in [-0.1, -0.05) is 43.6 Å². The van der Waals surface area contributed by atoms with Gasteiger partial charge in [0, 0.05) is 23.8 Å². The van der Waals surface area contributed by atoms with Gasteiger partial charge in [0.2, 0.25) is 5.91 Å². The molecule has 88 valence electrons. The highest BCUT2D eigenvalue weighted by Crippen LogP contribution is 2.25. The van der Waals surface area contributed by atoms with Crippen LogP contribution in [0.25, 0.3) is 0 Å². The van der Waals surface area contributed by atoms with E-state index >= 15 is 0 Å². The summed E-state index contributed by atoms with van der Waals surface area (Å²) < 4.78 is 0. The minimum absolute atomic E-state index is 0.151. The molecule has 1 rings (SSSR count). The second-order valence-electron chi connectivity index (χ2n) is 5.10. The van der Waals surface area contributed by atoms with Gasteiger partial charge in [-0.15, -0.1) is 0 Å². The molecular weight excluding hydrogens is 254 g/mol. The molecule has 1 fully saturated rings. The standard InChI is InChI=1S/C12H22BrNO/c1-8(2)10(4)12(15)14-6-5-9(3)11(13)7-14/h8-11H,5-7H2,1-4H3. The number of carbonyl (C=O) groups excluding carboxylic acids is 1. The smallest absolute Gasteiger partial charge is 0.225 e. The van der Waals surface area contributed by atoms with Crippen LogP contribution in [0.4, 0.5) is 0 Å². The zero-order valence-electron chi connectivity index (χ0n) is 10.2. The molecule has 1 aliphatic rings. The van der Waals surface area contributed by atoms with Gasteiger partial charge >= 0.3 is 0 Å². The van der Waals surface area contributed by atoms with E-state index in [1.807, 2.05) is 11.8 Å². The molecule has 0 aromatic heterocycles. The number of nitrogens with zero attached hydrogens (tertiary/aromatic N) is 1. The van der Waals surface area contributed by atoms with Crippen molar-refractivity contribution < 1.29 is 4.79 Å². The van der Waals surface area contributed by atoms with Gasteiger partial charge in [0.05, 0.1) is 0 Å². The number of hydrogen-bond donors (Lipinski definition) is 0. The minimum atomic E-state index is 0.151. The molecule has 0 spiro atoms. The van der Waals surface area contributed by atoms with Gasteiger partial charge in [0.1, 0.15) is 0 Å². The van der Waals surface area contributed by atoms with Crippen molar-refractivity contribution in [3.05, 3.63) is 0 Å². The molecule has 0 aromatic carbocycles. The number of hydrogen-bond acceptors (Lipinski definition) is 1. The van der Waals surface area contributed by atoms with Crippen molar-refractivity contribution in [1.82, 2.24) is 4.90 Å². The fraction of sp³-hybridized carbons (Fsp3) is 0.917. The van der Waals surface area contributed by atoms with Crippen molar-refractivity contribution in [1.29, 1.82) is 0 Å². The summed E-state index contributed by atoms with van der Waals surface area (Å²) in [7, 11) is 0. The summed E-state index contributed by atoms with van der Waals surface area (Å²) in [6, 6.07) is 0. The average molecular weight is 276 g/mol. The Kier molecular flexibility index (Phi) is 4.63. The Labute approximate surface area is 102 Å². The largest absolute Gasteiger partial charge is 0.341 e. The van der Waals surface area contributed by atoms with E-state index in [4.69, 9.17) is 0 Å². The topological polar surface area (TPSA) is 20.3 Å². The van der Waals surface area contributed by atoms with Gasteiger partial charge in [0.25, 0.3) is 0 Å². The first-order valence-electron chi connectivity index (χ1n) is 5.86. The fourth-order valence-corrected chi connectivity index (χ4v) is 2.41. The lowest BCUT2D eigenvalue weighted by molar-refractivity contribution is -0.137. The van der Waals surface area contributed by atoms with E-state index in [0.29, 0.717) is 22.6 Å².